The van der Waals surface area contributed by atoms with Crippen LogP contribution in [0.15, 0.2) is 91.0 Å². The Hall–Kier alpha value is -3.48. The first-order valence-corrected chi connectivity index (χ1v) is 10.3. The lowest BCUT2D eigenvalue weighted by atomic mass is 10.1. The van der Waals surface area contributed by atoms with Gasteiger partial charge in [0.25, 0.3) is 0 Å². The number of hydrogen-bond donors (Lipinski definition) is 3. The number of thiocarbonyl (C=S) groups is 1. The molecular weight excluding hydrogens is 408 g/mol. The van der Waals surface area contributed by atoms with Crippen LogP contribution < -0.4 is 15.5 Å². The summed E-state index contributed by atoms with van der Waals surface area (Å²) in [6.45, 7) is 0.307. The normalized spacial score (nSPS) is 11.6. The molecule has 3 rings (SSSR count). The smallest absolute Gasteiger partial charge is 0.244 e. The van der Waals surface area contributed by atoms with E-state index in [-0.39, 0.29) is 16.9 Å². The van der Waals surface area contributed by atoms with E-state index in [4.69, 9.17) is 22.2 Å². The lowest BCUT2D eigenvalue weighted by Gasteiger charge is -2.19. The van der Waals surface area contributed by atoms with Crippen molar-refractivity contribution in [3.63, 3.8) is 0 Å². The molecule has 31 heavy (non-hydrogen) atoms. The molecule has 0 unspecified atom stereocenters. The summed E-state index contributed by atoms with van der Waals surface area (Å²) in [6.07, 6.45) is 3.96. The largest absolute Gasteiger partial charge is 0.491 e. The number of hydrogen-bond acceptors (Lipinski definition) is 4. The van der Waals surface area contributed by atoms with Crippen LogP contribution in [0.25, 0.3) is 6.08 Å². The quantitative estimate of drug-likeness (QED) is 0.269. The van der Waals surface area contributed by atoms with Gasteiger partial charge >= 0.3 is 0 Å². The van der Waals surface area contributed by atoms with Crippen molar-refractivity contribution in [2.24, 2.45) is 0 Å². The van der Waals surface area contributed by atoms with Crippen molar-refractivity contribution in [2.45, 2.75) is 12.5 Å². The molecule has 0 bridgehead atoms. The highest BCUT2D eigenvalue weighted by Gasteiger charge is 2.13. The molecule has 0 saturated carbocycles. The molecule has 5 nitrogen and oxygen atoms in total. The van der Waals surface area contributed by atoms with Crippen LogP contribution in [-0.2, 0) is 11.2 Å². The Kier molecular flexibility index (Phi) is 8.34. The first kappa shape index (κ1) is 22.2. The lowest BCUT2D eigenvalue weighted by Crippen LogP contribution is -2.39. The highest BCUT2D eigenvalue weighted by Crippen LogP contribution is 2.14. The number of amides is 1. The van der Waals surface area contributed by atoms with E-state index in [2.05, 4.69) is 5.32 Å². The second-order valence-electron chi connectivity index (χ2n) is 6.92. The molecule has 1 atom stereocenters. The molecule has 3 aromatic carbocycles. The standard InChI is InChI=1S/C25H24N2O3S/c28-24(16-11-19-7-3-1-4-8-19)26-22(17-20-9-5-2-6-10-20)18-30-23-14-12-21(13-15-23)25(31)27-29/h1-16,22,29H,17-18H2,(H,26,28)(H,27,31)/b16-11+/t22-/m0/s1. The zero-order chi connectivity index (χ0) is 21.9. The molecular formula is C25H24N2O3S. The molecule has 3 aromatic rings. The summed E-state index contributed by atoms with van der Waals surface area (Å²) in [7, 11) is 0. The summed E-state index contributed by atoms with van der Waals surface area (Å²) < 4.78 is 5.91. The van der Waals surface area contributed by atoms with Crippen LogP contribution in [0.3, 0.4) is 0 Å². The monoisotopic (exact) mass is 432 g/mol. The summed E-state index contributed by atoms with van der Waals surface area (Å²) in [5.74, 6) is 0.472. The van der Waals surface area contributed by atoms with E-state index in [1.807, 2.05) is 66.1 Å². The van der Waals surface area contributed by atoms with Crippen LogP contribution in [0.5, 0.6) is 5.75 Å². The second kappa shape index (κ2) is 11.6. The van der Waals surface area contributed by atoms with Crippen molar-refractivity contribution < 1.29 is 14.7 Å². The Morgan fingerprint density at radius 3 is 2.26 bits per heavy atom. The van der Waals surface area contributed by atoms with Crippen molar-refractivity contribution in [1.82, 2.24) is 10.8 Å². The van der Waals surface area contributed by atoms with Crippen molar-refractivity contribution in [3.8, 4) is 5.75 Å². The molecule has 0 fully saturated rings. The number of benzene rings is 3. The van der Waals surface area contributed by atoms with Gasteiger partial charge in [0.2, 0.25) is 5.91 Å². The molecule has 158 valence electrons. The van der Waals surface area contributed by atoms with Gasteiger partial charge in [-0.3, -0.25) is 15.5 Å². The van der Waals surface area contributed by atoms with E-state index in [1.54, 1.807) is 30.3 Å². The van der Waals surface area contributed by atoms with Gasteiger partial charge in [0.05, 0.1) is 6.04 Å². The highest BCUT2D eigenvalue weighted by atomic mass is 32.1. The summed E-state index contributed by atoms with van der Waals surface area (Å²) in [5, 5.41) is 11.9. The van der Waals surface area contributed by atoms with Gasteiger partial charge in [0.1, 0.15) is 17.3 Å². The minimum Gasteiger partial charge on any atom is -0.491 e. The maximum absolute atomic E-state index is 12.5. The lowest BCUT2D eigenvalue weighted by molar-refractivity contribution is -0.117. The molecule has 0 aromatic heterocycles. The van der Waals surface area contributed by atoms with E-state index in [1.165, 1.54) is 6.08 Å². The Bertz CT molecular complexity index is 1010. The minimum absolute atomic E-state index is 0.178. The first-order valence-electron chi connectivity index (χ1n) is 9.89. The maximum atomic E-state index is 12.5. The predicted molar refractivity (Wildman–Crippen MR) is 126 cm³/mol. The third-order valence-corrected chi connectivity index (χ3v) is 4.89. The molecule has 0 saturated heterocycles. The third kappa shape index (κ3) is 7.37. The van der Waals surface area contributed by atoms with Crippen molar-refractivity contribution >= 4 is 29.2 Å². The Balaban J connectivity index is 1.63. The van der Waals surface area contributed by atoms with E-state index < -0.39 is 0 Å². The number of carbonyl (C=O) groups is 1. The predicted octanol–water partition coefficient (Wildman–Crippen LogP) is 4.16. The van der Waals surface area contributed by atoms with Crippen molar-refractivity contribution in [2.75, 3.05) is 6.61 Å². The van der Waals surface area contributed by atoms with Gasteiger partial charge in [-0.25, -0.2) is 0 Å². The van der Waals surface area contributed by atoms with E-state index in [0.717, 1.165) is 11.1 Å². The number of ether oxygens (including phenoxy) is 1. The van der Waals surface area contributed by atoms with Crippen LogP contribution in [0, 0.1) is 0 Å². The van der Waals surface area contributed by atoms with Crippen molar-refractivity contribution in [3.05, 3.63) is 108 Å². The van der Waals surface area contributed by atoms with Crippen LogP contribution in [-0.4, -0.2) is 28.8 Å². The van der Waals surface area contributed by atoms with E-state index in [0.29, 0.717) is 24.3 Å². The topological polar surface area (TPSA) is 70.6 Å². The number of rotatable bonds is 9. The molecule has 3 N–H and O–H groups in total. The third-order valence-electron chi connectivity index (χ3n) is 4.57. The van der Waals surface area contributed by atoms with E-state index >= 15 is 0 Å². The fourth-order valence-electron chi connectivity index (χ4n) is 3.00. The summed E-state index contributed by atoms with van der Waals surface area (Å²) in [5.41, 5.74) is 4.72. The zero-order valence-corrected chi connectivity index (χ0v) is 17.7. The second-order valence-corrected chi connectivity index (χ2v) is 7.32. The molecule has 0 aliphatic carbocycles. The number of hydroxylamine groups is 1. The summed E-state index contributed by atoms with van der Waals surface area (Å²) >= 11 is 5.00. The van der Waals surface area contributed by atoms with Crippen molar-refractivity contribution in [1.29, 1.82) is 0 Å². The molecule has 0 aliphatic rings. The van der Waals surface area contributed by atoms with Gasteiger partial charge in [0.15, 0.2) is 0 Å². The highest BCUT2D eigenvalue weighted by molar-refractivity contribution is 7.80. The SMILES string of the molecule is O=C(/C=C/c1ccccc1)N[C@H](COc1ccc(C(=S)NO)cc1)Cc1ccccc1. The fourth-order valence-corrected chi connectivity index (χ4v) is 3.14. The maximum Gasteiger partial charge on any atom is 0.244 e. The average molecular weight is 433 g/mol. The molecule has 6 heteroatoms. The Labute approximate surface area is 187 Å². The van der Waals surface area contributed by atoms with Crippen LogP contribution >= 0.6 is 12.2 Å². The van der Waals surface area contributed by atoms with Gasteiger partial charge in [0, 0.05) is 11.6 Å². The number of carbonyl (C=O) groups excluding carboxylic acids is 1. The van der Waals surface area contributed by atoms with Gasteiger partial charge in [-0.1, -0.05) is 72.9 Å². The molecule has 0 radical (unpaired) electrons. The Morgan fingerprint density at radius 1 is 0.968 bits per heavy atom. The van der Waals surface area contributed by atoms with E-state index in [9.17, 15) is 4.79 Å². The van der Waals surface area contributed by atoms with Gasteiger partial charge in [-0.05, 0) is 47.9 Å². The van der Waals surface area contributed by atoms with Crippen LogP contribution in [0.2, 0.25) is 0 Å². The minimum atomic E-state index is -0.213. The number of nitrogens with one attached hydrogen (secondary N) is 2. The Morgan fingerprint density at radius 2 is 1.61 bits per heavy atom. The van der Waals surface area contributed by atoms with Crippen LogP contribution in [0.1, 0.15) is 16.7 Å². The molecule has 0 aliphatic heterocycles. The van der Waals surface area contributed by atoms with Crippen LogP contribution in [0.4, 0.5) is 0 Å². The molecule has 0 heterocycles. The first-order chi connectivity index (χ1) is 15.1. The van der Waals surface area contributed by atoms with Gasteiger partial charge < -0.3 is 10.1 Å². The summed E-state index contributed by atoms with van der Waals surface area (Å²) in [6, 6.07) is 26.5. The average Bonchev–Trinajstić information content (AvgIpc) is 2.82. The zero-order valence-electron chi connectivity index (χ0n) is 16.9. The van der Waals surface area contributed by atoms with Gasteiger partial charge in [-0.2, -0.15) is 0 Å². The molecule has 0 spiro atoms. The van der Waals surface area contributed by atoms with Gasteiger partial charge in [-0.15, -0.1) is 0 Å². The fraction of sp³-hybridized carbons (Fsp3) is 0.120. The molecule has 1 amide bonds. The summed E-state index contributed by atoms with van der Waals surface area (Å²) in [4.78, 5) is 12.7.